The van der Waals surface area contributed by atoms with Crippen LogP contribution < -0.4 is 10.9 Å². The summed E-state index contributed by atoms with van der Waals surface area (Å²) in [5.41, 5.74) is 6.33. The summed E-state index contributed by atoms with van der Waals surface area (Å²) in [5.74, 6) is -0.722. The molecule has 0 aromatic carbocycles. The number of carbonyl (C=O) groups is 1. The molecule has 0 aliphatic carbocycles. The SMILES string of the molecule is CC1=NNC(=S)C1C.CCO.O=C(O)CC1C=NNC1=S. The summed E-state index contributed by atoms with van der Waals surface area (Å²) in [4.78, 5) is 11.5. The van der Waals surface area contributed by atoms with E-state index in [2.05, 4.69) is 21.1 Å². The molecule has 2 heterocycles. The molecule has 0 fully saturated rings. The van der Waals surface area contributed by atoms with E-state index in [1.165, 1.54) is 6.21 Å². The van der Waals surface area contributed by atoms with Crippen LogP contribution in [-0.4, -0.2) is 44.7 Å². The summed E-state index contributed by atoms with van der Waals surface area (Å²) in [7, 11) is 0. The lowest BCUT2D eigenvalue weighted by Crippen LogP contribution is -2.20. The van der Waals surface area contributed by atoms with Crippen molar-refractivity contribution in [2.45, 2.75) is 27.2 Å². The first kappa shape index (κ1) is 19.6. The van der Waals surface area contributed by atoms with E-state index in [1.54, 1.807) is 6.92 Å². The Morgan fingerprint density at radius 1 is 1.38 bits per heavy atom. The minimum absolute atomic E-state index is 0.0231. The number of carboxylic acids is 1. The van der Waals surface area contributed by atoms with E-state index in [9.17, 15) is 4.79 Å². The van der Waals surface area contributed by atoms with Crippen LogP contribution in [0.2, 0.25) is 0 Å². The van der Waals surface area contributed by atoms with E-state index in [1.807, 2.05) is 13.8 Å². The fourth-order valence-electron chi connectivity index (χ4n) is 1.20. The van der Waals surface area contributed by atoms with E-state index < -0.39 is 5.97 Å². The maximum Gasteiger partial charge on any atom is 0.304 e. The molecule has 2 aliphatic heterocycles. The van der Waals surface area contributed by atoms with Gasteiger partial charge in [-0.25, -0.2) is 0 Å². The minimum atomic E-state index is -0.859. The van der Waals surface area contributed by atoms with Crippen molar-refractivity contribution in [1.82, 2.24) is 10.9 Å². The van der Waals surface area contributed by atoms with Crippen molar-refractivity contribution in [3.05, 3.63) is 0 Å². The van der Waals surface area contributed by atoms with Crippen molar-refractivity contribution in [1.29, 1.82) is 0 Å². The normalized spacial score (nSPS) is 22.2. The highest BCUT2D eigenvalue weighted by Crippen LogP contribution is 2.06. The van der Waals surface area contributed by atoms with Crippen LogP contribution in [0.25, 0.3) is 0 Å². The molecular formula is C12H20N4O3S2. The number of aliphatic hydroxyl groups is 1. The number of thiocarbonyl (C=S) groups is 2. The fraction of sp³-hybridized carbons (Fsp3) is 0.583. The van der Waals surface area contributed by atoms with Crippen LogP contribution in [0, 0.1) is 11.8 Å². The number of hydrazone groups is 2. The standard InChI is InChI=1S/C5H6N2O2S.C5H8N2S.C2H6O/c8-4(9)1-3-2-6-7-5(3)10;1-3-4(2)6-7-5(3)8;1-2-3/h2-3H,1H2,(H,7,10)(H,8,9);3H,1-2H3,(H,7,8);3H,2H2,1H3. The highest BCUT2D eigenvalue weighted by atomic mass is 32.1. The molecule has 118 valence electrons. The molecule has 0 spiro atoms. The average molecular weight is 332 g/mol. The van der Waals surface area contributed by atoms with Gasteiger partial charge in [0.05, 0.1) is 12.3 Å². The highest BCUT2D eigenvalue weighted by molar-refractivity contribution is 7.80. The predicted molar refractivity (Wildman–Crippen MR) is 90.7 cm³/mol. The van der Waals surface area contributed by atoms with Gasteiger partial charge >= 0.3 is 5.97 Å². The van der Waals surface area contributed by atoms with Crippen LogP contribution in [0.1, 0.15) is 27.2 Å². The van der Waals surface area contributed by atoms with Crippen molar-refractivity contribution in [2.75, 3.05) is 6.61 Å². The van der Waals surface area contributed by atoms with E-state index in [0.717, 1.165) is 10.7 Å². The Labute approximate surface area is 134 Å². The monoisotopic (exact) mass is 332 g/mol. The van der Waals surface area contributed by atoms with Crippen LogP contribution in [0.3, 0.4) is 0 Å². The quantitative estimate of drug-likeness (QED) is 0.557. The summed E-state index contributed by atoms with van der Waals surface area (Å²) in [6, 6.07) is 0. The van der Waals surface area contributed by atoms with E-state index in [4.69, 9.17) is 34.6 Å². The number of nitrogens with one attached hydrogen (secondary N) is 2. The second-order valence-corrected chi connectivity index (χ2v) is 5.11. The molecule has 0 bridgehead atoms. The van der Waals surface area contributed by atoms with E-state index >= 15 is 0 Å². The number of aliphatic hydroxyl groups excluding tert-OH is 1. The second kappa shape index (κ2) is 10.3. The number of hydrogen-bond acceptors (Lipinski definition) is 6. The Bertz CT molecular complexity index is 452. The minimum Gasteiger partial charge on any atom is -0.481 e. The first-order valence-corrected chi connectivity index (χ1v) is 7.14. The molecule has 0 aromatic heterocycles. The fourth-order valence-corrected chi connectivity index (χ4v) is 1.61. The second-order valence-electron chi connectivity index (χ2n) is 4.23. The van der Waals surface area contributed by atoms with Crippen molar-refractivity contribution >= 4 is 52.3 Å². The summed E-state index contributed by atoms with van der Waals surface area (Å²) >= 11 is 9.65. The van der Waals surface area contributed by atoms with E-state index in [0.29, 0.717) is 10.9 Å². The topological polar surface area (TPSA) is 106 Å². The van der Waals surface area contributed by atoms with Crippen LogP contribution in [0.5, 0.6) is 0 Å². The lowest BCUT2D eigenvalue weighted by molar-refractivity contribution is -0.137. The number of nitrogens with zero attached hydrogens (tertiary/aromatic N) is 2. The van der Waals surface area contributed by atoms with Gasteiger partial charge in [-0.3, -0.25) is 15.6 Å². The Morgan fingerprint density at radius 2 is 1.95 bits per heavy atom. The summed E-state index contributed by atoms with van der Waals surface area (Å²) in [6.45, 7) is 5.94. The van der Waals surface area contributed by atoms with Crippen molar-refractivity contribution < 1.29 is 15.0 Å². The van der Waals surface area contributed by atoms with Crippen molar-refractivity contribution in [2.24, 2.45) is 22.0 Å². The molecule has 2 unspecified atom stereocenters. The third kappa shape index (κ3) is 7.78. The molecule has 21 heavy (non-hydrogen) atoms. The number of aliphatic carboxylic acids is 1. The first-order chi connectivity index (χ1) is 9.83. The lowest BCUT2D eigenvalue weighted by Gasteiger charge is -2.00. The summed E-state index contributed by atoms with van der Waals surface area (Å²) in [5, 5.41) is 23.5. The van der Waals surface area contributed by atoms with Crippen LogP contribution >= 0.6 is 24.4 Å². The first-order valence-electron chi connectivity index (χ1n) is 6.33. The van der Waals surface area contributed by atoms with Gasteiger partial charge in [0.2, 0.25) is 0 Å². The van der Waals surface area contributed by atoms with Crippen LogP contribution in [-0.2, 0) is 4.79 Å². The highest BCUT2D eigenvalue weighted by Gasteiger charge is 2.19. The Kier molecular flexibility index (Phi) is 9.59. The molecule has 0 radical (unpaired) electrons. The van der Waals surface area contributed by atoms with Gasteiger partial charge in [-0.15, -0.1) is 0 Å². The van der Waals surface area contributed by atoms with Gasteiger partial charge in [0, 0.05) is 24.5 Å². The molecule has 0 aromatic rings. The lowest BCUT2D eigenvalue weighted by atomic mass is 10.1. The number of rotatable bonds is 2. The predicted octanol–water partition coefficient (Wildman–Crippen LogP) is 0.921. The zero-order valence-corrected chi connectivity index (χ0v) is 13.8. The Hall–Kier alpha value is -1.45. The van der Waals surface area contributed by atoms with Gasteiger partial charge in [-0.05, 0) is 13.8 Å². The average Bonchev–Trinajstić information content (AvgIpc) is 2.92. The molecular weight excluding hydrogens is 312 g/mol. The van der Waals surface area contributed by atoms with Gasteiger partial charge in [0.1, 0.15) is 9.98 Å². The zero-order valence-electron chi connectivity index (χ0n) is 12.2. The molecule has 2 aliphatic rings. The van der Waals surface area contributed by atoms with Crippen LogP contribution in [0.15, 0.2) is 10.2 Å². The smallest absolute Gasteiger partial charge is 0.304 e. The molecule has 0 saturated carbocycles. The van der Waals surface area contributed by atoms with Gasteiger partial charge in [0.15, 0.2) is 0 Å². The molecule has 4 N–H and O–H groups in total. The molecule has 2 rings (SSSR count). The third-order valence-electron chi connectivity index (χ3n) is 2.52. The third-order valence-corrected chi connectivity index (χ3v) is 3.36. The Balaban J connectivity index is 0.000000327. The molecule has 2 atom stereocenters. The maximum absolute atomic E-state index is 10.2. The number of hydrogen-bond donors (Lipinski definition) is 4. The maximum atomic E-state index is 10.2. The van der Waals surface area contributed by atoms with Crippen molar-refractivity contribution in [3.63, 3.8) is 0 Å². The molecule has 7 nitrogen and oxygen atoms in total. The van der Waals surface area contributed by atoms with Gasteiger partial charge < -0.3 is 10.2 Å². The van der Waals surface area contributed by atoms with Gasteiger partial charge in [-0.1, -0.05) is 31.4 Å². The molecule has 0 saturated heterocycles. The summed E-state index contributed by atoms with van der Waals surface area (Å²) in [6.07, 6.45) is 1.53. The zero-order chi connectivity index (χ0) is 16.4. The molecule has 0 amide bonds. The van der Waals surface area contributed by atoms with E-state index in [-0.39, 0.29) is 18.9 Å². The molecule has 9 heteroatoms. The largest absolute Gasteiger partial charge is 0.481 e. The number of carboxylic acid groups (broad SMARTS) is 1. The van der Waals surface area contributed by atoms with Gasteiger partial charge in [0.25, 0.3) is 0 Å². The summed E-state index contributed by atoms with van der Waals surface area (Å²) < 4.78 is 0. The Morgan fingerprint density at radius 3 is 2.19 bits per heavy atom. The van der Waals surface area contributed by atoms with Crippen LogP contribution in [0.4, 0.5) is 0 Å². The van der Waals surface area contributed by atoms with Crippen molar-refractivity contribution in [3.8, 4) is 0 Å². The van der Waals surface area contributed by atoms with Gasteiger partial charge in [-0.2, -0.15) is 10.2 Å².